The molecule has 2 rings (SSSR count). The number of rotatable bonds is 3. The summed E-state index contributed by atoms with van der Waals surface area (Å²) >= 11 is 3.11. The van der Waals surface area contributed by atoms with E-state index in [1.165, 1.54) is 18.2 Å². The van der Waals surface area contributed by atoms with E-state index in [1.807, 2.05) is 6.07 Å². The first-order chi connectivity index (χ1) is 9.39. The van der Waals surface area contributed by atoms with Crippen molar-refractivity contribution in [1.29, 1.82) is 0 Å². The molecule has 0 aromatic heterocycles. The molecule has 0 aliphatic rings. The fourth-order valence-electron chi connectivity index (χ4n) is 1.59. The second-order valence-corrected chi connectivity index (χ2v) is 7.20. The molecule has 0 saturated heterocycles. The fourth-order valence-corrected chi connectivity index (χ4v) is 3.91. The lowest BCUT2D eigenvalue weighted by atomic mass is 10.2. The number of nitrogens with one attached hydrogen (secondary N) is 1. The van der Waals surface area contributed by atoms with Crippen LogP contribution in [0.1, 0.15) is 10.4 Å². The molecule has 2 aromatic rings. The number of hydrogen-bond acceptors (Lipinski definition) is 3. The minimum absolute atomic E-state index is 0.139. The number of carbonyl (C=O) groups excluding carboxylic acids is 1. The lowest BCUT2D eigenvalue weighted by Crippen LogP contribution is -2.13. The molecule has 0 spiro atoms. The van der Waals surface area contributed by atoms with Crippen LogP contribution in [0.3, 0.4) is 0 Å². The van der Waals surface area contributed by atoms with Gasteiger partial charge >= 0.3 is 0 Å². The highest BCUT2D eigenvalue weighted by Gasteiger charge is 2.20. The van der Waals surface area contributed by atoms with Crippen molar-refractivity contribution >= 4 is 47.3 Å². The Morgan fingerprint density at radius 2 is 1.70 bits per heavy atom. The van der Waals surface area contributed by atoms with Gasteiger partial charge in [0.15, 0.2) is 0 Å². The van der Waals surface area contributed by atoms with Gasteiger partial charge in [0.25, 0.3) is 15.0 Å². The molecule has 0 radical (unpaired) electrons. The van der Waals surface area contributed by atoms with E-state index in [0.717, 1.165) is 0 Å². The summed E-state index contributed by atoms with van der Waals surface area (Å²) in [5.74, 6) is -0.426. The smallest absolute Gasteiger partial charge is 0.262 e. The Bertz CT molecular complexity index is 747. The Balaban J connectivity index is 2.37. The van der Waals surface area contributed by atoms with Crippen LogP contribution >= 0.6 is 26.6 Å². The number of hydrogen-bond donors (Lipinski definition) is 1. The van der Waals surface area contributed by atoms with Crippen molar-refractivity contribution in [2.45, 2.75) is 4.90 Å². The van der Waals surface area contributed by atoms with Gasteiger partial charge in [-0.05, 0) is 40.2 Å². The maximum absolute atomic E-state index is 12.1. The maximum atomic E-state index is 12.1. The molecule has 0 bridgehead atoms. The molecule has 0 aliphatic heterocycles. The van der Waals surface area contributed by atoms with Crippen LogP contribution in [0.4, 0.5) is 5.69 Å². The molecule has 0 aliphatic carbocycles. The van der Waals surface area contributed by atoms with Gasteiger partial charge in [-0.1, -0.05) is 24.3 Å². The molecule has 20 heavy (non-hydrogen) atoms. The van der Waals surface area contributed by atoms with Gasteiger partial charge in [-0.2, -0.15) is 0 Å². The Morgan fingerprint density at radius 3 is 2.30 bits per heavy atom. The van der Waals surface area contributed by atoms with Crippen molar-refractivity contribution in [3.63, 3.8) is 0 Å². The van der Waals surface area contributed by atoms with E-state index in [2.05, 4.69) is 21.2 Å². The molecule has 0 unspecified atom stereocenters. The number of halogens is 2. The van der Waals surface area contributed by atoms with Gasteiger partial charge in [-0.25, -0.2) is 8.42 Å². The van der Waals surface area contributed by atoms with Gasteiger partial charge in [0.2, 0.25) is 0 Å². The number of amides is 1. The first-order valence-corrected chi connectivity index (χ1v) is 8.59. The number of para-hydroxylation sites is 1. The normalized spacial score (nSPS) is 11.1. The van der Waals surface area contributed by atoms with E-state index >= 15 is 0 Å². The summed E-state index contributed by atoms with van der Waals surface area (Å²) < 4.78 is 22.9. The van der Waals surface area contributed by atoms with Crippen LogP contribution in [-0.2, 0) is 9.05 Å². The first-order valence-electron chi connectivity index (χ1n) is 5.49. The van der Waals surface area contributed by atoms with Crippen LogP contribution in [0.25, 0.3) is 0 Å². The molecular weight excluding hydrogens is 366 g/mol. The van der Waals surface area contributed by atoms with Gasteiger partial charge in [0, 0.05) is 16.4 Å². The summed E-state index contributed by atoms with van der Waals surface area (Å²) in [5.41, 5.74) is 0.805. The lowest BCUT2D eigenvalue weighted by molar-refractivity contribution is 0.102. The first kappa shape index (κ1) is 15.0. The predicted octanol–water partition coefficient (Wildman–Crippen LogP) is 3.63. The highest BCUT2D eigenvalue weighted by molar-refractivity contribution is 9.10. The van der Waals surface area contributed by atoms with Crippen molar-refractivity contribution in [2.24, 2.45) is 0 Å². The quantitative estimate of drug-likeness (QED) is 0.835. The topological polar surface area (TPSA) is 63.2 Å². The van der Waals surface area contributed by atoms with E-state index in [0.29, 0.717) is 5.69 Å². The molecular formula is C13H9BrClNO3S. The van der Waals surface area contributed by atoms with Gasteiger partial charge in [-0.15, -0.1) is 0 Å². The van der Waals surface area contributed by atoms with Crippen molar-refractivity contribution in [3.8, 4) is 0 Å². The van der Waals surface area contributed by atoms with Crippen molar-refractivity contribution in [1.82, 2.24) is 0 Å². The van der Waals surface area contributed by atoms with Gasteiger partial charge in [0.05, 0.1) is 14.9 Å². The van der Waals surface area contributed by atoms with E-state index in [1.54, 1.807) is 24.3 Å². The van der Waals surface area contributed by atoms with Crippen LogP contribution in [0, 0.1) is 0 Å². The van der Waals surface area contributed by atoms with Crippen molar-refractivity contribution in [2.75, 3.05) is 5.32 Å². The third-order valence-electron chi connectivity index (χ3n) is 2.50. The summed E-state index contributed by atoms with van der Waals surface area (Å²) in [5, 5.41) is 2.67. The van der Waals surface area contributed by atoms with E-state index < -0.39 is 15.0 Å². The van der Waals surface area contributed by atoms with Gasteiger partial charge in [-0.3, -0.25) is 4.79 Å². The van der Waals surface area contributed by atoms with Gasteiger partial charge < -0.3 is 5.32 Å². The minimum Gasteiger partial charge on any atom is -0.322 e. The summed E-state index contributed by atoms with van der Waals surface area (Å²) in [6.45, 7) is 0. The molecule has 0 atom stereocenters. The lowest BCUT2D eigenvalue weighted by Gasteiger charge is -2.08. The molecule has 104 valence electrons. The van der Waals surface area contributed by atoms with Crippen LogP contribution < -0.4 is 5.32 Å². The molecule has 4 nitrogen and oxygen atoms in total. The minimum atomic E-state index is -3.92. The number of anilines is 1. The Hall–Kier alpha value is -1.37. The molecule has 1 amide bonds. The van der Waals surface area contributed by atoms with Gasteiger partial charge in [0.1, 0.15) is 0 Å². The average Bonchev–Trinajstić information content (AvgIpc) is 2.38. The van der Waals surface area contributed by atoms with Crippen LogP contribution in [0.5, 0.6) is 0 Å². The van der Waals surface area contributed by atoms with Crippen LogP contribution in [0.15, 0.2) is 57.9 Å². The second-order valence-electron chi connectivity index (χ2n) is 3.88. The summed E-state index contributed by atoms with van der Waals surface area (Å²) in [7, 11) is 1.39. The fraction of sp³-hybridized carbons (Fsp3) is 0. The Kier molecular flexibility index (Phi) is 4.47. The second kappa shape index (κ2) is 5.95. The Morgan fingerprint density at radius 1 is 1.05 bits per heavy atom. The summed E-state index contributed by atoms with van der Waals surface area (Å²) in [6, 6.07) is 13.1. The largest absolute Gasteiger partial charge is 0.322 e. The average molecular weight is 375 g/mol. The zero-order valence-electron chi connectivity index (χ0n) is 10.0. The van der Waals surface area contributed by atoms with Crippen LogP contribution in [0.2, 0.25) is 0 Å². The molecule has 0 fully saturated rings. The molecule has 1 N–H and O–H groups in total. The molecule has 0 heterocycles. The monoisotopic (exact) mass is 373 g/mol. The molecule has 7 heteroatoms. The standard InChI is InChI=1S/C13H9BrClNO3S/c14-12-10(7-4-8-11(12)20(15,18)19)13(17)16-9-5-2-1-3-6-9/h1-8H,(H,16,17). The Labute approximate surface area is 129 Å². The summed E-state index contributed by atoms with van der Waals surface area (Å²) in [4.78, 5) is 12.0. The number of carbonyl (C=O) groups is 1. The van der Waals surface area contributed by atoms with E-state index in [4.69, 9.17) is 10.7 Å². The highest BCUT2D eigenvalue weighted by Crippen LogP contribution is 2.28. The van der Waals surface area contributed by atoms with Crippen LogP contribution in [-0.4, -0.2) is 14.3 Å². The van der Waals surface area contributed by atoms with E-state index in [-0.39, 0.29) is 14.9 Å². The molecule has 0 saturated carbocycles. The maximum Gasteiger partial charge on any atom is 0.262 e. The predicted molar refractivity (Wildman–Crippen MR) is 81.6 cm³/mol. The third kappa shape index (κ3) is 3.39. The van der Waals surface area contributed by atoms with Crippen molar-refractivity contribution < 1.29 is 13.2 Å². The zero-order valence-corrected chi connectivity index (χ0v) is 13.2. The highest BCUT2D eigenvalue weighted by atomic mass is 79.9. The van der Waals surface area contributed by atoms with Crippen molar-refractivity contribution in [3.05, 3.63) is 58.6 Å². The number of benzene rings is 2. The summed E-state index contributed by atoms with van der Waals surface area (Å²) in [6.07, 6.45) is 0. The third-order valence-corrected chi connectivity index (χ3v) is 4.98. The zero-order chi connectivity index (χ0) is 14.8. The molecule has 2 aromatic carbocycles. The SMILES string of the molecule is O=C(Nc1ccccc1)c1cccc(S(=O)(=O)Cl)c1Br. The van der Waals surface area contributed by atoms with E-state index in [9.17, 15) is 13.2 Å².